The number of primary amides is 1. The van der Waals surface area contributed by atoms with Crippen molar-refractivity contribution in [3.63, 3.8) is 0 Å². The Morgan fingerprint density at radius 2 is 1.81 bits per heavy atom. The molecule has 1 aromatic carbocycles. The maximum absolute atomic E-state index is 12.2. The second kappa shape index (κ2) is 7.50. The lowest BCUT2D eigenvalue weighted by Crippen LogP contribution is -2.22. The van der Waals surface area contributed by atoms with Crippen LogP contribution in [0.5, 0.6) is 0 Å². The molecule has 2 heterocycles. The van der Waals surface area contributed by atoms with Crippen LogP contribution in [-0.2, 0) is 9.53 Å². The summed E-state index contributed by atoms with van der Waals surface area (Å²) in [5, 5.41) is 4.44. The molecule has 0 aliphatic heterocycles. The van der Waals surface area contributed by atoms with E-state index in [1.165, 1.54) is 6.07 Å². The molecule has 0 aliphatic rings. The van der Waals surface area contributed by atoms with E-state index in [0.717, 1.165) is 22.7 Å². The number of hydrogen-bond acceptors (Lipinski definition) is 7. The smallest absolute Gasteiger partial charge is 0.338 e. The third-order valence-electron chi connectivity index (χ3n) is 3.83. The van der Waals surface area contributed by atoms with Crippen molar-refractivity contribution in [3.05, 3.63) is 52.2 Å². The molecule has 2 amide bonds. The summed E-state index contributed by atoms with van der Waals surface area (Å²) in [6.45, 7) is 3.20. The first-order valence-electron chi connectivity index (χ1n) is 7.94. The number of nitrogens with one attached hydrogen (secondary N) is 1. The van der Waals surface area contributed by atoms with E-state index in [4.69, 9.17) is 10.5 Å². The predicted octanol–water partition coefficient (Wildman–Crippen LogP) is 2.20. The van der Waals surface area contributed by atoms with Gasteiger partial charge in [0.2, 0.25) is 0 Å². The van der Waals surface area contributed by atoms with Crippen LogP contribution in [0.3, 0.4) is 0 Å². The van der Waals surface area contributed by atoms with Crippen molar-refractivity contribution in [1.82, 2.24) is 9.97 Å². The van der Waals surface area contributed by atoms with Crippen LogP contribution in [0, 0.1) is 13.8 Å². The molecule has 0 saturated carbocycles. The Morgan fingerprint density at radius 1 is 1.11 bits per heavy atom. The number of fused-ring (bicyclic) bond motifs is 1. The number of amides is 2. The van der Waals surface area contributed by atoms with Crippen molar-refractivity contribution in [2.24, 2.45) is 5.73 Å². The molecular formula is C18H16N4O4S. The van der Waals surface area contributed by atoms with Gasteiger partial charge in [0, 0.05) is 0 Å². The summed E-state index contributed by atoms with van der Waals surface area (Å²) in [5.74, 6) is -1.87. The highest BCUT2D eigenvalue weighted by Crippen LogP contribution is 2.22. The molecule has 27 heavy (non-hydrogen) atoms. The van der Waals surface area contributed by atoms with Gasteiger partial charge < -0.3 is 15.8 Å². The lowest BCUT2D eigenvalue weighted by Gasteiger charge is -2.07. The van der Waals surface area contributed by atoms with E-state index in [2.05, 4.69) is 15.3 Å². The van der Waals surface area contributed by atoms with Crippen LogP contribution in [0.1, 0.15) is 32.1 Å². The fourth-order valence-electron chi connectivity index (χ4n) is 2.33. The van der Waals surface area contributed by atoms with E-state index in [-0.39, 0.29) is 11.1 Å². The fourth-order valence-corrected chi connectivity index (χ4v) is 3.14. The molecule has 9 heteroatoms. The van der Waals surface area contributed by atoms with E-state index in [1.807, 2.05) is 13.8 Å². The molecule has 0 radical (unpaired) electrons. The van der Waals surface area contributed by atoms with E-state index in [0.29, 0.717) is 16.0 Å². The summed E-state index contributed by atoms with van der Waals surface area (Å²) in [6.07, 6.45) is 0. The fraction of sp³-hybridized carbons (Fsp3) is 0.167. The Morgan fingerprint density at radius 3 is 2.52 bits per heavy atom. The standard InChI is InChI=1S/C18H16N4O4S/c1-9-10(2)21-14-7-11(3-4-13(14)20-9)18(25)26-8-15(23)22-17-12(16(19)24)5-6-27-17/h3-7H,8H2,1-2H3,(H2,19,24)(H,22,23). The summed E-state index contributed by atoms with van der Waals surface area (Å²) in [5.41, 5.74) is 8.52. The molecule has 3 N–H and O–H groups in total. The molecule has 0 unspecified atom stereocenters. The molecule has 0 bridgehead atoms. The maximum Gasteiger partial charge on any atom is 0.338 e. The number of aromatic nitrogens is 2. The molecule has 0 atom stereocenters. The van der Waals surface area contributed by atoms with Crippen molar-refractivity contribution in [2.75, 3.05) is 11.9 Å². The second-order valence-electron chi connectivity index (χ2n) is 5.75. The van der Waals surface area contributed by atoms with Gasteiger partial charge in [0.15, 0.2) is 6.61 Å². The van der Waals surface area contributed by atoms with Gasteiger partial charge in [-0.2, -0.15) is 0 Å². The van der Waals surface area contributed by atoms with Gasteiger partial charge in [0.25, 0.3) is 11.8 Å². The number of thiophene rings is 1. The van der Waals surface area contributed by atoms with Crippen molar-refractivity contribution >= 4 is 45.2 Å². The van der Waals surface area contributed by atoms with Crippen molar-refractivity contribution in [1.29, 1.82) is 0 Å². The number of anilines is 1. The molecule has 0 fully saturated rings. The highest BCUT2D eigenvalue weighted by molar-refractivity contribution is 7.14. The third kappa shape index (κ3) is 4.09. The van der Waals surface area contributed by atoms with Gasteiger partial charge in [-0.3, -0.25) is 9.59 Å². The van der Waals surface area contributed by atoms with E-state index in [1.54, 1.807) is 23.6 Å². The zero-order valence-corrected chi connectivity index (χ0v) is 15.4. The minimum atomic E-state index is -0.659. The largest absolute Gasteiger partial charge is 0.452 e. The predicted molar refractivity (Wildman–Crippen MR) is 101 cm³/mol. The number of benzene rings is 1. The van der Waals surface area contributed by atoms with E-state index in [9.17, 15) is 14.4 Å². The molecule has 3 aromatic rings. The Balaban J connectivity index is 1.66. The first-order valence-corrected chi connectivity index (χ1v) is 8.82. The number of hydrogen-bond donors (Lipinski definition) is 2. The SMILES string of the molecule is Cc1nc2ccc(C(=O)OCC(=O)Nc3sccc3C(N)=O)cc2nc1C. The summed E-state index contributed by atoms with van der Waals surface area (Å²) in [4.78, 5) is 44.2. The zero-order chi connectivity index (χ0) is 19.6. The van der Waals surface area contributed by atoms with Gasteiger partial charge in [-0.1, -0.05) is 0 Å². The number of carbonyl (C=O) groups excluding carboxylic acids is 3. The molecule has 8 nitrogen and oxygen atoms in total. The second-order valence-corrected chi connectivity index (χ2v) is 6.67. The van der Waals surface area contributed by atoms with Gasteiger partial charge in [0.1, 0.15) is 5.00 Å². The lowest BCUT2D eigenvalue weighted by molar-refractivity contribution is -0.119. The van der Waals surface area contributed by atoms with Gasteiger partial charge in [0.05, 0.1) is 33.5 Å². The number of rotatable bonds is 5. The summed E-state index contributed by atoms with van der Waals surface area (Å²) >= 11 is 1.15. The van der Waals surface area contributed by atoms with E-state index < -0.39 is 24.4 Å². The molecular weight excluding hydrogens is 368 g/mol. The minimum Gasteiger partial charge on any atom is -0.452 e. The number of nitrogens with zero attached hydrogens (tertiary/aromatic N) is 2. The Kier molecular flexibility index (Phi) is 5.13. The molecule has 0 spiro atoms. The quantitative estimate of drug-likeness (QED) is 0.650. The molecule has 2 aromatic heterocycles. The molecule has 138 valence electrons. The number of esters is 1. The number of aryl methyl sites for hydroxylation is 2. The third-order valence-corrected chi connectivity index (χ3v) is 4.66. The van der Waals surface area contributed by atoms with Crippen LogP contribution >= 0.6 is 11.3 Å². The number of ether oxygens (including phenoxy) is 1. The summed E-state index contributed by atoms with van der Waals surface area (Å²) < 4.78 is 5.03. The van der Waals surface area contributed by atoms with Gasteiger partial charge in [-0.25, -0.2) is 14.8 Å². The minimum absolute atomic E-state index is 0.207. The van der Waals surface area contributed by atoms with Crippen LogP contribution in [0.4, 0.5) is 5.00 Å². The van der Waals surface area contributed by atoms with Gasteiger partial charge in [-0.05, 0) is 43.5 Å². The monoisotopic (exact) mass is 384 g/mol. The normalized spacial score (nSPS) is 10.6. The lowest BCUT2D eigenvalue weighted by atomic mass is 10.2. The summed E-state index contributed by atoms with van der Waals surface area (Å²) in [7, 11) is 0. The average molecular weight is 384 g/mol. The van der Waals surface area contributed by atoms with Crippen LogP contribution < -0.4 is 11.1 Å². The Bertz CT molecular complexity index is 1060. The van der Waals surface area contributed by atoms with Gasteiger partial charge >= 0.3 is 5.97 Å². The highest BCUT2D eigenvalue weighted by Gasteiger charge is 2.15. The first kappa shape index (κ1) is 18.5. The first-order chi connectivity index (χ1) is 12.8. The topological polar surface area (TPSA) is 124 Å². The number of carbonyl (C=O) groups is 3. The molecule has 0 saturated heterocycles. The molecule has 3 rings (SSSR count). The van der Waals surface area contributed by atoms with Crippen molar-refractivity contribution in [2.45, 2.75) is 13.8 Å². The zero-order valence-electron chi connectivity index (χ0n) is 14.6. The van der Waals surface area contributed by atoms with Crippen LogP contribution in [-0.4, -0.2) is 34.4 Å². The highest BCUT2D eigenvalue weighted by atomic mass is 32.1. The Labute approximate surface area is 158 Å². The van der Waals surface area contributed by atoms with Gasteiger partial charge in [-0.15, -0.1) is 11.3 Å². The summed E-state index contributed by atoms with van der Waals surface area (Å²) in [6, 6.07) is 6.32. The van der Waals surface area contributed by atoms with Crippen LogP contribution in [0.25, 0.3) is 11.0 Å². The van der Waals surface area contributed by atoms with E-state index >= 15 is 0 Å². The van der Waals surface area contributed by atoms with Crippen LogP contribution in [0.15, 0.2) is 29.6 Å². The average Bonchev–Trinajstić information content (AvgIpc) is 3.08. The Hall–Kier alpha value is -3.33. The maximum atomic E-state index is 12.2. The van der Waals surface area contributed by atoms with Crippen molar-refractivity contribution < 1.29 is 19.1 Å². The van der Waals surface area contributed by atoms with Crippen LogP contribution in [0.2, 0.25) is 0 Å². The number of nitrogens with two attached hydrogens (primary N) is 1. The van der Waals surface area contributed by atoms with Crippen molar-refractivity contribution in [3.8, 4) is 0 Å². The molecule has 0 aliphatic carbocycles.